The van der Waals surface area contributed by atoms with Crippen LogP contribution in [0.5, 0.6) is 0 Å². The van der Waals surface area contributed by atoms with Crippen LogP contribution in [0.2, 0.25) is 0 Å². The second-order valence-corrected chi connectivity index (χ2v) is 6.97. The summed E-state index contributed by atoms with van der Waals surface area (Å²) in [7, 11) is 0. The van der Waals surface area contributed by atoms with E-state index in [1.54, 1.807) is 25.3 Å². The molecule has 156 valence electrons. The predicted molar refractivity (Wildman–Crippen MR) is 113 cm³/mol. The van der Waals surface area contributed by atoms with Crippen LogP contribution in [0, 0.1) is 24.0 Å². The van der Waals surface area contributed by atoms with E-state index in [0.29, 0.717) is 23.6 Å². The van der Waals surface area contributed by atoms with Gasteiger partial charge in [-0.3, -0.25) is 14.9 Å². The summed E-state index contributed by atoms with van der Waals surface area (Å²) in [6.07, 6.45) is 3.67. The molecule has 0 radical (unpaired) electrons. The van der Waals surface area contributed by atoms with Crippen LogP contribution in [0.1, 0.15) is 27.6 Å². The maximum atomic E-state index is 12.7. The molecule has 2 aromatic heterocycles. The second kappa shape index (κ2) is 8.19. The molecule has 0 saturated heterocycles. The van der Waals surface area contributed by atoms with E-state index in [1.807, 2.05) is 42.0 Å². The molecule has 4 rings (SSSR count). The van der Waals surface area contributed by atoms with Crippen molar-refractivity contribution in [2.24, 2.45) is 0 Å². The Balaban J connectivity index is 1.49. The summed E-state index contributed by atoms with van der Waals surface area (Å²) in [6, 6.07) is 13.5. The molecule has 10 heteroatoms. The van der Waals surface area contributed by atoms with Crippen molar-refractivity contribution >= 4 is 17.3 Å². The lowest BCUT2D eigenvalue weighted by atomic mass is 10.2. The normalized spacial score (nSPS) is 10.8. The van der Waals surface area contributed by atoms with Gasteiger partial charge in [0.05, 0.1) is 16.3 Å². The molecule has 2 heterocycles. The van der Waals surface area contributed by atoms with Crippen molar-refractivity contribution in [1.29, 1.82) is 0 Å². The summed E-state index contributed by atoms with van der Waals surface area (Å²) < 4.78 is 3.43. The van der Waals surface area contributed by atoms with Crippen LogP contribution < -0.4 is 5.32 Å². The summed E-state index contributed by atoms with van der Waals surface area (Å²) in [4.78, 5) is 27.4. The lowest BCUT2D eigenvalue weighted by molar-refractivity contribution is -0.384. The van der Waals surface area contributed by atoms with Crippen molar-refractivity contribution < 1.29 is 9.72 Å². The molecule has 2 aromatic carbocycles. The van der Waals surface area contributed by atoms with Gasteiger partial charge >= 0.3 is 0 Å². The number of nitro groups is 1. The van der Waals surface area contributed by atoms with E-state index in [9.17, 15) is 14.9 Å². The Kier molecular flexibility index (Phi) is 5.27. The van der Waals surface area contributed by atoms with E-state index in [2.05, 4.69) is 20.6 Å². The second-order valence-electron chi connectivity index (χ2n) is 6.97. The zero-order valence-electron chi connectivity index (χ0n) is 16.9. The Bertz CT molecular complexity index is 1260. The van der Waals surface area contributed by atoms with Crippen LogP contribution >= 0.6 is 0 Å². The van der Waals surface area contributed by atoms with Gasteiger partial charge in [0.25, 0.3) is 11.6 Å². The fourth-order valence-corrected chi connectivity index (χ4v) is 3.17. The van der Waals surface area contributed by atoms with Crippen molar-refractivity contribution in [2.75, 3.05) is 5.32 Å². The molecule has 0 bridgehead atoms. The summed E-state index contributed by atoms with van der Waals surface area (Å²) >= 11 is 0. The number of nitrogens with zero attached hydrogens (tertiary/aromatic N) is 6. The van der Waals surface area contributed by atoms with Crippen LogP contribution in [-0.4, -0.2) is 35.4 Å². The van der Waals surface area contributed by atoms with Gasteiger partial charge in [-0.2, -0.15) is 0 Å². The molecule has 0 unspecified atom stereocenters. The van der Waals surface area contributed by atoms with Crippen LogP contribution in [-0.2, 0) is 6.54 Å². The topological polar surface area (TPSA) is 121 Å². The molecule has 0 aliphatic carbocycles. The fourth-order valence-electron chi connectivity index (χ4n) is 3.17. The Hall–Kier alpha value is -4.34. The first-order valence-corrected chi connectivity index (χ1v) is 9.47. The molecule has 0 spiro atoms. The third-order valence-corrected chi connectivity index (χ3v) is 4.88. The maximum Gasteiger partial charge on any atom is 0.278 e. The smallest absolute Gasteiger partial charge is 0.278 e. The number of carbonyl (C=O) groups is 1. The highest BCUT2D eigenvalue weighted by atomic mass is 16.6. The van der Waals surface area contributed by atoms with E-state index in [4.69, 9.17) is 0 Å². The molecule has 0 fully saturated rings. The van der Waals surface area contributed by atoms with Crippen molar-refractivity contribution in [3.63, 3.8) is 0 Å². The molecule has 10 nitrogen and oxygen atoms in total. The lowest BCUT2D eigenvalue weighted by Crippen LogP contribution is -2.14. The summed E-state index contributed by atoms with van der Waals surface area (Å²) in [5.41, 5.74) is 2.71. The maximum absolute atomic E-state index is 12.7. The van der Waals surface area contributed by atoms with E-state index >= 15 is 0 Å². The predicted octanol–water partition coefficient (Wildman–Crippen LogP) is 3.29. The minimum Gasteiger partial charge on any atom is -0.331 e. The summed E-state index contributed by atoms with van der Waals surface area (Å²) in [5, 5.41) is 21.8. The minimum absolute atomic E-state index is 0.0654. The number of amides is 1. The highest BCUT2D eigenvalue weighted by Gasteiger charge is 2.18. The van der Waals surface area contributed by atoms with Crippen molar-refractivity contribution in [1.82, 2.24) is 24.5 Å². The minimum atomic E-state index is -0.485. The zero-order valence-corrected chi connectivity index (χ0v) is 16.9. The zero-order chi connectivity index (χ0) is 22.0. The van der Waals surface area contributed by atoms with Gasteiger partial charge in [0.2, 0.25) is 0 Å². The van der Waals surface area contributed by atoms with Crippen molar-refractivity contribution in [2.45, 2.75) is 20.4 Å². The molecule has 4 aromatic rings. The molecule has 0 aliphatic heterocycles. The first-order chi connectivity index (χ1) is 14.9. The number of carbonyl (C=O) groups excluding carboxylic acids is 1. The molecule has 0 atom stereocenters. The molecule has 1 amide bonds. The number of rotatable bonds is 6. The third-order valence-electron chi connectivity index (χ3n) is 4.88. The third kappa shape index (κ3) is 4.17. The highest BCUT2D eigenvalue weighted by Crippen LogP contribution is 2.19. The van der Waals surface area contributed by atoms with E-state index < -0.39 is 10.8 Å². The number of nitro benzene ring substituents is 1. The quantitative estimate of drug-likeness (QED) is 0.380. The molecule has 31 heavy (non-hydrogen) atoms. The molecular weight excluding hydrogens is 398 g/mol. The van der Waals surface area contributed by atoms with E-state index in [0.717, 1.165) is 11.4 Å². The largest absolute Gasteiger partial charge is 0.331 e. The first-order valence-electron chi connectivity index (χ1n) is 9.47. The van der Waals surface area contributed by atoms with Crippen LogP contribution in [0.3, 0.4) is 0 Å². The standard InChI is InChI=1S/C21H19N7O3/c1-14-20(24-25-27(14)18-4-3-5-19(12-18)28(30)31)21(29)23-17-8-6-16(7-9-17)13-26-11-10-22-15(26)2/h3-12H,13H2,1-2H3,(H,23,29). The molecular formula is C21H19N7O3. The number of aryl methyl sites for hydroxylation is 1. The number of nitrogens with one attached hydrogen (secondary N) is 1. The lowest BCUT2D eigenvalue weighted by Gasteiger charge is -2.08. The Labute approximate surface area is 177 Å². The number of hydrogen-bond donors (Lipinski definition) is 1. The van der Waals surface area contributed by atoms with Gasteiger partial charge < -0.3 is 9.88 Å². The van der Waals surface area contributed by atoms with Crippen molar-refractivity contribution in [3.05, 3.63) is 93.8 Å². The summed E-state index contributed by atoms with van der Waals surface area (Å²) in [6.45, 7) is 4.32. The molecule has 1 N–H and O–H groups in total. The van der Waals surface area contributed by atoms with Crippen LogP contribution in [0.15, 0.2) is 60.9 Å². The van der Waals surface area contributed by atoms with Gasteiger partial charge in [0.15, 0.2) is 5.69 Å². The number of non-ortho nitro benzene ring substituents is 1. The van der Waals surface area contributed by atoms with Gasteiger partial charge in [-0.05, 0) is 37.6 Å². The number of benzene rings is 2. The SMILES string of the molecule is Cc1nccn1Cc1ccc(NC(=O)c2nnn(-c3cccc([N+](=O)[O-])c3)c2C)cc1. The number of imidazole rings is 1. The van der Waals surface area contributed by atoms with Gasteiger partial charge in [-0.15, -0.1) is 5.10 Å². The Morgan fingerprint density at radius 1 is 1.16 bits per heavy atom. The number of hydrogen-bond acceptors (Lipinski definition) is 6. The van der Waals surface area contributed by atoms with Gasteiger partial charge in [0, 0.05) is 36.8 Å². The summed E-state index contributed by atoms with van der Waals surface area (Å²) in [5.74, 6) is 0.520. The van der Waals surface area contributed by atoms with E-state index in [-0.39, 0.29) is 11.4 Å². The Morgan fingerprint density at radius 3 is 2.61 bits per heavy atom. The van der Waals surface area contributed by atoms with Crippen molar-refractivity contribution in [3.8, 4) is 5.69 Å². The molecule has 0 saturated carbocycles. The average molecular weight is 417 g/mol. The van der Waals surface area contributed by atoms with Gasteiger partial charge in [-0.25, -0.2) is 9.67 Å². The fraction of sp³-hybridized carbons (Fsp3) is 0.143. The number of aromatic nitrogens is 5. The van der Waals surface area contributed by atoms with E-state index in [1.165, 1.54) is 16.8 Å². The Morgan fingerprint density at radius 2 is 1.94 bits per heavy atom. The van der Waals surface area contributed by atoms with Crippen LogP contribution in [0.4, 0.5) is 11.4 Å². The van der Waals surface area contributed by atoms with Gasteiger partial charge in [-0.1, -0.05) is 23.4 Å². The first kappa shape index (κ1) is 20.0. The highest BCUT2D eigenvalue weighted by molar-refractivity contribution is 6.03. The average Bonchev–Trinajstić information content (AvgIpc) is 3.35. The number of anilines is 1. The van der Waals surface area contributed by atoms with Crippen LogP contribution in [0.25, 0.3) is 5.69 Å². The molecule has 0 aliphatic rings. The van der Waals surface area contributed by atoms with Gasteiger partial charge in [0.1, 0.15) is 5.82 Å². The monoisotopic (exact) mass is 417 g/mol.